The summed E-state index contributed by atoms with van der Waals surface area (Å²) in [5, 5.41) is 30.1. The van der Waals surface area contributed by atoms with E-state index in [1.54, 1.807) is 12.3 Å². The number of benzene rings is 2. The second-order valence-corrected chi connectivity index (χ2v) is 18.5. The Morgan fingerprint density at radius 1 is 0.953 bits per heavy atom. The molecule has 3 saturated heterocycles. The Labute approximate surface area is 370 Å². The van der Waals surface area contributed by atoms with Gasteiger partial charge in [0, 0.05) is 62.2 Å². The van der Waals surface area contributed by atoms with Crippen molar-refractivity contribution in [3.63, 3.8) is 0 Å². The molecule has 0 saturated carbocycles. The van der Waals surface area contributed by atoms with Crippen LogP contribution in [0.1, 0.15) is 100 Å². The van der Waals surface area contributed by atoms with Crippen molar-refractivity contribution in [3.05, 3.63) is 90.0 Å². The number of nitrogens with zero attached hydrogens (tertiary/aromatic N) is 11. The van der Waals surface area contributed by atoms with Crippen molar-refractivity contribution < 1.29 is 18.8 Å². The van der Waals surface area contributed by atoms with Gasteiger partial charge < -0.3 is 20.4 Å². The van der Waals surface area contributed by atoms with Gasteiger partial charge in [0.25, 0.3) is 11.7 Å². The summed E-state index contributed by atoms with van der Waals surface area (Å²) in [6, 6.07) is 12.6. The molecular weight excluding hydrogens is 816 g/mol. The molecule has 3 N–H and O–H groups in total. The Balaban J connectivity index is 0.786. The highest BCUT2D eigenvalue weighted by molar-refractivity contribution is 6.01. The number of anilines is 2. The molecule has 3 amide bonds. The molecule has 0 aliphatic carbocycles. The number of nitrogens with one attached hydrogen (secondary N) is 3. The lowest BCUT2D eigenvalue weighted by Gasteiger charge is -2.38. The largest absolute Gasteiger partial charge is 0.374 e. The monoisotopic (exact) mass is 870 g/mol. The van der Waals surface area contributed by atoms with Gasteiger partial charge in [0.05, 0.1) is 58.8 Å². The molecule has 334 valence electrons. The molecule has 3 fully saturated rings. The van der Waals surface area contributed by atoms with Crippen molar-refractivity contribution in [1.82, 2.24) is 60.1 Å². The second kappa shape index (κ2) is 17.5. The van der Waals surface area contributed by atoms with E-state index in [-0.39, 0.29) is 53.4 Å². The number of aromatic nitrogens is 9. The maximum Gasteiger partial charge on any atom is 0.293 e. The molecule has 1 unspecified atom stereocenters. The third kappa shape index (κ3) is 9.09. The Morgan fingerprint density at radius 2 is 1.75 bits per heavy atom. The fraction of sp³-hybridized carbons (Fsp3) is 0.457. The number of aryl methyl sites for hydroxylation is 1. The molecule has 0 bridgehead atoms. The van der Waals surface area contributed by atoms with E-state index in [1.165, 1.54) is 10.9 Å². The SMILES string of the molecule is Cc1cc(-c2nc(-c3cnn(C4CCN(CC5CCN(c6ccc(NC7CCC(=O)NC7=O)cc6F)CC5)CC4)c3)cn3nccc23)ccc1[C@@H](C)NC(=O)c1nnn(C(C)(C)C)n1. The zero-order valence-electron chi connectivity index (χ0n) is 37.0. The van der Waals surface area contributed by atoms with Crippen molar-refractivity contribution in [2.45, 2.75) is 96.8 Å². The van der Waals surface area contributed by atoms with Crippen molar-refractivity contribution in [1.29, 1.82) is 0 Å². The van der Waals surface area contributed by atoms with Crippen LogP contribution in [0.25, 0.3) is 28.0 Å². The van der Waals surface area contributed by atoms with E-state index in [9.17, 15) is 14.4 Å². The zero-order valence-corrected chi connectivity index (χ0v) is 37.0. The number of hydrogen-bond donors (Lipinski definition) is 3. The van der Waals surface area contributed by atoms with Crippen LogP contribution in [0.4, 0.5) is 15.8 Å². The first-order valence-corrected chi connectivity index (χ1v) is 22.2. The van der Waals surface area contributed by atoms with E-state index in [4.69, 9.17) is 10.1 Å². The van der Waals surface area contributed by atoms with Gasteiger partial charge in [-0.05, 0) is 119 Å². The molecule has 64 heavy (non-hydrogen) atoms. The highest BCUT2D eigenvalue weighted by atomic mass is 19.1. The van der Waals surface area contributed by atoms with Gasteiger partial charge in [0.2, 0.25) is 11.8 Å². The first-order valence-electron chi connectivity index (χ1n) is 22.2. The lowest BCUT2D eigenvalue weighted by Crippen LogP contribution is -2.47. The Kier molecular flexibility index (Phi) is 11.7. The van der Waals surface area contributed by atoms with Crippen LogP contribution in [0.2, 0.25) is 0 Å². The number of tetrazole rings is 1. The number of likely N-dealkylation sites (tertiary alicyclic amines) is 1. The summed E-state index contributed by atoms with van der Waals surface area (Å²) < 4.78 is 19.2. The molecule has 0 spiro atoms. The van der Waals surface area contributed by atoms with Gasteiger partial charge in [-0.2, -0.15) is 15.0 Å². The number of amides is 3. The second-order valence-electron chi connectivity index (χ2n) is 18.5. The van der Waals surface area contributed by atoms with Crippen molar-refractivity contribution in [3.8, 4) is 22.5 Å². The van der Waals surface area contributed by atoms with E-state index in [0.29, 0.717) is 23.7 Å². The van der Waals surface area contributed by atoms with Crippen LogP contribution >= 0.6 is 0 Å². The van der Waals surface area contributed by atoms with Gasteiger partial charge in [0.1, 0.15) is 11.9 Å². The molecule has 0 radical (unpaired) electrons. The minimum absolute atomic E-state index is 0.0308. The van der Waals surface area contributed by atoms with Crippen molar-refractivity contribution >= 4 is 34.6 Å². The summed E-state index contributed by atoms with van der Waals surface area (Å²) in [5.74, 6) is -0.769. The molecule has 17 nitrogen and oxygen atoms in total. The lowest BCUT2D eigenvalue weighted by atomic mass is 9.94. The zero-order chi connectivity index (χ0) is 44.7. The predicted molar refractivity (Wildman–Crippen MR) is 239 cm³/mol. The average molecular weight is 871 g/mol. The summed E-state index contributed by atoms with van der Waals surface area (Å²) >= 11 is 0. The molecule has 18 heteroatoms. The molecule has 4 aromatic heterocycles. The molecule has 3 aliphatic heterocycles. The first kappa shape index (κ1) is 42.7. The summed E-state index contributed by atoms with van der Waals surface area (Å²) in [5.41, 5.74) is 7.04. The van der Waals surface area contributed by atoms with Crippen LogP contribution in [-0.2, 0) is 15.1 Å². The molecule has 7 heterocycles. The van der Waals surface area contributed by atoms with Gasteiger partial charge in [-0.15, -0.1) is 10.2 Å². The number of carbonyl (C=O) groups is 3. The summed E-state index contributed by atoms with van der Waals surface area (Å²) in [4.78, 5) is 47.9. The molecule has 6 aromatic rings. The number of piperidine rings is 3. The third-order valence-electron chi connectivity index (χ3n) is 12.8. The Bertz CT molecular complexity index is 2680. The predicted octanol–water partition coefficient (Wildman–Crippen LogP) is 5.71. The van der Waals surface area contributed by atoms with E-state index in [1.807, 2.05) is 75.8 Å². The number of hydrogen-bond acceptors (Lipinski definition) is 12. The van der Waals surface area contributed by atoms with Crippen LogP contribution in [0, 0.1) is 18.7 Å². The summed E-state index contributed by atoms with van der Waals surface area (Å²) in [7, 11) is 0. The number of fused-ring (bicyclic) bond motifs is 1. The van der Waals surface area contributed by atoms with Gasteiger partial charge >= 0.3 is 0 Å². The van der Waals surface area contributed by atoms with E-state index in [2.05, 4.69) is 63.2 Å². The number of carbonyl (C=O) groups excluding carboxylic acids is 3. The van der Waals surface area contributed by atoms with Gasteiger partial charge in [-0.3, -0.25) is 24.4 Å². The van der Waals surface area contributed by atoms with E-state index in [0.717, 1.165) is 97.6 Å². The number of rotatable bonds is 11. The van der Waals surface area contributed by atoms with Crippen molar-refractivity contribution in [2.24, 2.45) is 5.92 Å². The molecule has 3 aliphatic rings. The average Bonchev–Trinajstić information content (AvgIpc) is 4.07. The van der Waals surface area contributed by atoms with Crippen LogP contribution in [0.15, 0.2) is 67.3 Å². The van der Waals surface area contributed by atoms with Crippen LogP contribution in [0.5, 0.6) is 0 Å². The molecule has 9 rings (SSSR count). The summed E-state index contributed by atoms with van der Waals surface area (Å²) in [6.45, 7) is 14.4. The standard InChI is InChI=1S/C46H55FN14O3/c1-28-22-31(6-8-35(28)29(2)50-45(64)43-54-56-61(55-43)46(3,4)5)42-40-12-17-48-60(40)27-38(52-42)32-24-49-59(26-32)34-15-18-57(19-16-34)25-30-13-20-58(21-14-30)39-10-7-33(23-36(39)47)51-37-9-11-41(62)53-44(37)63/h6-8,10,12,17,22-24,26-27,29-30,34,37,51H,9,11,13-16,18-21,25H2,1-5H3,(H,50,64)(H,53,62,63)/t29-,37?/m1/s1. The number of imide groups is 1. The van der Waals surface area contributed by atoms with Gasteiger partial charge in [-0.25, -0.2) is 13.9 Å². The highest BCUT2D eigenvalue weighted by Crippen LogP contribution is 2.33. The van der Waals surface area contributed by atoms with E-state index >= 15 is 4.39 Å². The smallest absolute Gasteiger partial charge is 0.293 e. The highest BCUT2D eigenvalue weighted by Gasteiger charge is 2.29. The quantitative estimate of drug-likeness (QED) is 0.135. The minimum atomic E-state index is -0.550. The minimum Gasteiger partial charge on any atom is -0.374 e. The fourth-order valence-electron chi connectivity index (χ4n) is 9.16. The molecule has 2 atom stereocenters. The van der Waals surface area contributed by atoms with Crippen LogP contribution in [0.3, 0.4) is 0 Å². The maximum atomic E-state index is 15.3. The molecule has 2 aromatic carbocycles. The first-order chi connectivity index (χ1) is 30.7. The molecular formula is C46H55FN14O3. The fourth-order valence-corrected chi connectivity index (χ4v) is 9.16. The number of halogens is 1. The normalized spacial score (nSPS) is 18.7. The summed E-state index contributed by atoms with van der Waals surface area (Å²) in [6.07, 6.45) is 12.4. The van der Waals surface area contributed by atoms with Gasteiger partial charge in [-0.1, -0.05) is 12.1 Å². The third-order valence-corrected chi connectivity index (χ3v) is 12.8. The topological polar surface area (TPSA) is 185 Å². The van der Waals surface area contributed by atoms with E-state index < -0.39 is 6.04 Å². The maximum absolute atomic E-state index is 15.3. The Hall–Kier alpha value is -6.56. The van der Waals surface area contributed by atoms with Crippen molar-refractivity contribution in [2.75, 3.05) is 42.9 Å². The van der Waals surface area contributed by atoms with Crippen LogP contribution in [-0.4, -0.2) is 106 Å². The Morgan fingerprint density at radius 3 is 2.47 bits per heavy atom. The lowest BCUT2D eigenvalue weighted by molar-refractivity contribution is -0.133. The van der Waals surface area contributed by atoms with Crippen LogP contribution < -0.4 is 20.9 Å². The van der Waals surface area contributed by atoms with Gasteiger partial charge in [0.15, 0.2) is 0 Å².